The molecule has 0 radical (unpaired) electrons. The average molecular weight is 408 g/mol. The predicted octanol–water partition coefficient (Wildman–Crippen LogP) is 3.82. The molecular weight excluding hydrogens is 390 g/mol. The van der Waals surface area contributed by atoms with Crippen LogP contribution in [-0.2, 0) is 17.8 Å². The van der Waals surface area contributed by atoms with Crippen LogP contribution in [0.2, 0.25) is 5.02 Å². The van der Waals surface area contributed by atoms with Crippen molar-refractivity contribution in [3.63, 3.8) is 0 Å². The van der Waals surface area contributed by atoms with Crippen molar-refractivity contribution >= 4 is 17.5 Å². The van der Waals surface area contributed by atoms with Gasteiger partial charge in [-0.05, 0) is 29.8 Å². The molecule has 0 bridgehead atoms. The third kappa shape index (κ3) is 4.70. The lowest BCUT2D eigenvalue weighted by Crippen LogP contribution is -2.23. The van der Waals surface area contributed by atoms with Crippen LogP contribution in [-0.4, -0.2) is 25.7 Å². The lowest BCUT2D eigenvalue weighted by atomic mass is 10.2. The molecule has 29 heavy (non-hydrogen) atoms. The van der Waals surface area contributed by atoms with Gasteiger partial charge in [-0.1, -0.05) is 29.8 Å². The predicted molar refractivity (Wildman–Crippen MR) is 108 cm³/mol. The summed E-state index contributed by atoms with van der Waals surface area (Å²) in [6.45, 7) is 0.404. The number of rotatable bonds is 7. The maximum atomic E-state index is 12.1. The van der Waals surface area contributed by atoms with E-state index in [1.165, 1.54) is 0 Å². The third-order valence-electron chi connectivity index (χ3n) is 4.30. The van der Waals surface area contributed by atoms with E-state index in [2.05, 4.69) is 20.4 Å². The van der Waals surface area contributed by atoms with Gasteiger partial charge in [0.2, 0.25) is 5.91 Å². The minimum atomic E-state index is -0.0846. The molecule has 0 fully saturated rings. The molecule has 0 atom stereocenters. The second kappa shape index (κ2) is 8.70. The summed E-state index contributed by atoms with van der Waals surface area (Å²) in [5.41, 5.74) is 1.69. The van der Waals surface area contributed by atoms with Crippen LogP contribution in [0.5, 0.6) is 0 Å². The molecule has 7 nitrogen and oxygen atoms in total. The highest BCUT2D eigenvalue weighted by atomic mass is 35.5. The highest BCUT2D eigenvalue weighted by Gasteiger charge is 2.11. The Morgan fingerprint density at radius 2 is 2.00 bits per heavy atom. The number of amides is 1. The maximum absolute atomic E-state index is 12.1. The lowest BCUT2D eigenvalue weighted by molar-refractivity contribution is -0.121. The lowest BCUT2D eigenvalue weighted by Gasteiger charge is -2.06. The van der Waals surface area contributed by atoms with E-state index in [-0.39, 0.29) is 12.3 Å². The number of carbonyl (C=O) groups is 1. The fourth-order valence-electron chi connectivity index (χ4n) is 2.78. The summed E-state index contributed by atoms with van der Waals surface area (Å²) in [6, 6.07) is 13.0. The summed E-state index contributed by atoms with van der Waals surface area (Å²) < 4.78 is 7.39. The molecule has 8 heteroatoms. The number of hydrogen-bond acceptors (Lipinski definition) is 5. The molecule has 4 rings (SSSR count). The molecule has 0 aliphatic carbocycles. The fourth-order valence-corrected chi connectivity index (χ4v) is 3.01. The van der Waals surface area contributed by atoms with Crippen molar-refractivity contribution in [1.82, 2.24) is 25.1 Å². The van der Waals surface area contributed by atoms with Crippen molar-refractivity contribution in [2.75, 3.05) is 0 Å². The van der Waals surface area contributed by atoms with Gasteiger partial charge in [0.15, 0.2) is 17.5 Å². The molecule has 0 spiro atoms. The Kier molecular flexibility index (Phi) is 5.67. The summed E-state index contributed by atoms with van der Waals surface area (Å²) >= 11 is 6.17. The van der Waals surface area contributed by atoms with E-state index >= 15 is 0 Å². The van der Waals surface area contributed by atoms with Gasteiger partial charge in [0.05, 0.1) is 11.2 Å². The largest absolute Gasteiger partial charge is 0.441 e. The Labute approximate surface area is 172 Å². The molecule has 1 amide bonds. The number of oxazole rings is 1. The molecule has 0 aliphatic heterocycles. The van der Waals surface area contributed by atoms with E-state index in [1.807, 2.05) is 42.6 Å². The minimum Gasteiger partial charge on any atom is -0.441 e. The van der Waals surface area contributed by atoms with E-state index in [0.29, 0.717) is 29.6 Å². The molecular formula is C21H18ClN5O2. The Bertz CT molecular complexity index is 1090. The zero-order valence-electron chi connectivity index (χ0n) is 15.5. The van der Waals surface area contributed by atoms with Crippen molar-refractivity contribution in [3.05, 3.63) is 83.7 Å². The van der Waals surface area contributed by atoms with Crippen molar-refractivity contribution < 1.29 is 9.21 Å². The Morgan fingerprint density at radius 1 is 1.10 bits per heavy atom. The number of nitrogens with one attached hydrogen (secondary N) is 1. The van der Waals surface area contributed by atoms with Crippen LogP contribution in [0, 0.1) is 0 Å². The van der Waals surface area contributed by atoms with Crippen molar-refractivity contribution in [2.24, 2.45) is 0 Å². The first-order valence-electron chi connectivity index (χ1n) is 9.10. The van der Waals surface area contributed by atoms with E-state index in [0.717, 1.165) is 16.9 Å². The fraction of sp³-hybridized carbons (Fsp3) is 0.143. The smallest absolute Gasteiger partial charge is 0.220 e. The Morgan fingerprint density at radius 3 is 2.76 bits per heavy atom. The van der Waals surface area contributed by atoms with Crippen molar-refractivity contribution in [3.8, 4) is 17.1 Å². The molecule has 3 aromatic heterocycles. The van der Waals surface area contributed by atoms with Gasteiger partial charge < -0.3 is 9.73 Å². The van der Waals surface area contributed by atoms with Crippen LogP contribution in [0.1, 0.15) is 17.9 Å². The van der Waals surface area contributed by atoms with Gasteiger partial charge in [-0.3, -0.25) is 4.79 Å². The second-order valence-electron chi connectivity index (χ2n) is 6.35. The Balaban J connectivity index is 1.27. The molecule has 0 saturated heterocycles. The molecule has 3 heterocycles. The number of hydrogen-bond donors (Lipinski definition) is 1. The second-order valence-corrected chi connectivity index (χ2v) is 6.76. The number of aromatic nitrogens is 4. The van der Waals surface area contributed by atoms with Gasteiger partial charge in [0.1, 0.15) is 0 Å². The van der Waals surface area contributed by atoms with E-state index in [1.54, 1.807) is 29.3 Å². The molecule has 146 valence electrons. The number of aryl methyl sites for hydroxylation is 1. The molecule has 4 aromatic rings. The van der Waals surface area contributed by atoms with E-state index in [9.17, 15) is 4.79 Å². The van der Waals surface area contributed by atoms with E-state index in [4.69, 9.17) is 16.0 Å². The summed E-state index contributed by atoms with van der Waals surface area (Å²) in [4.78, 5) is 20.7. The minimum absolute atomic E-state index is 0.0846. The van der Waals surface area contributed by atoms with Crippen LogP contribution in [0.25, 0.3) is 17.1 Å². The first-order chi connectivity index (χ1) is 14.2. The van der Waals surface area contributed by atoms with Crippen LogP contribution in [0.15, 0.2) is 71.7 Å². The highest BCUT2D eigenvalue weighted by Crippen LogP contribution is 2.28. The molecule has 0 saturated carbocycles. The quantitative estimate of drug-likeness (QED) is 0.503. The zero-order valence-corrected chi connectivity index (χ0v) is 16.2. The van der Waals surface area contributed by atoms with Gasteiger partial charge in [0.25, 0.3) is 0 Å². The summed E-state index contributed by atoms with van der Waals surface area (Å²) in [5.74, 6) is 1.73. The van der Waals surface area contributed by atoms with Crippen molar-refractivity contribution in [1.29, 1.82) is 0 Å². The first kappa shape index (κ1) is 18.9. The summed E-state index contributed by atoms with van der Waals surface area (Å²) in [6.07, 6.45) is 7.56. The maximum Gasteiger partial charge on any atom is 0.220 e. The van der Waals surface area contributed by atoms with Crippen LogP contribution in [0.4, 0.5) is 0 Å². The highest BCUT2D eigenvalue weighted by molar-refractivity contribution is 6.33. The van der Waals surface area contributed by atoms with Gasteiger partial charge in [-0.2, -0.15) is 5.10 Å². The van der Waals surface area contributed by atoms with Crippen LogP contribution < -0.4 is 5.32 Å². The molecule has 0 aliphatic rings. The number of nitrogens with zero attached hydrogens (tertiary/aromatic N) is 4. The monoisotopic (exact) mass is 407 g/mol. The topological polar surface area (TPSA) is 85.8 Å². The SMILES string of the molecule is O=C(CCc1ncc(-c2ccccc2Cl)o1)NCc1ccc(-n2cccn2)nc1. The standard InChI is InChI=1S/C21H18ClN5O2/c22-17-5-2-1-4-16(17)18-14-25-21(29-18)9-8-20(28)24-13-15-6-7-19(23-12-15)27-11-3-10-26-27/h1-7,10-12,14H,8-9,13H2,(H,24,28). The van der Waals surface area contributed by atoms with Gasteiger partial charge in [-0.25, -0.2) is 14.6 Å². The third-order valence-corrected chi connectivity index (χ3v) is 4.63. The molecule has 1 aromatic carbocycles. The van der Waals surface area contributed by atoms with Gasteiger partial charge in [-0.15, -0.1) is 0 Å². The Hall–Kier alpha value is -3.45. The molecule has 0 unspecified atom stereocenters. The first-order valence-corrected chi connectivity index (χ1v) is 9.48. The summed E-state index contributed by atoms with van der Waals surface area (Å²) in [5, 5.41) is 7.61. The van der Waals surface area contributed by atoms with E-state index < -0.39 is 0 Å². The van der Waals surface area contributed by atoms with Crippen molar-refractivity contribution in [2.45, 2.75) is 19.4 Å². The number of halogens is 1. The normalized spacial score (nSPS) is 10.8. The van der Waals surface area contributed by atoms with Crippen LogP contribution >= 0.6 is 11.6 Å². The molecule has 1 N–H and O–H groups in total. The number of pyridine rings is 1. The summed E-state index contributed by atoms with van der Waals surface area (Å²) in [7, 11) is 0. The zero-order chi connectivity index (χ0) is 20.1. The number of carbonyl (C=O) groups excluding carboxylic acids is 1. The van der Waals surface area contributed by atoms with Crippen LogP contribution in [0.3, 0.4) is 0 Å². The van der Waals surface area contributed by atoms with Gasteiger partial charge in [0, 0.05) is 43.5 Å². The van der Waals surface area contributed by atoms with Gasteiger partial charge >= 0.3 is 0 Å². The number of benzene rings is 1. The average Bonchev–Trinajstić information content (AvgIpc) is 3.44.